The van der Waals surface area contributed by atoms with E-state index in [1.54, 1.807) is 19.1 Å². The summed E-state index contributed by atoms with van der Waals surface area (Å²) in [5.41, 5.74) is 1.07. The van der Waals surface area contributed by atoms with Gasteiger partial charge in [0, 0.05) is 35.2 Å². The van der Waals surface area contributed by atoms with Crippen LogP contribution in [0.5, 0.6) is 0 Å². The summed E-state index contributed by atoms with van der Waals surface area (Å²) in [5.74, 6) is -1.27. The molecule has 0 aliphatic carbocycles. The highest BCUT2D eigenvalue weighted by Crippen LogP contribution is 2.25. The predicted octanol–water partition coefficient (Wildman–Crippen LogP) is 3.90. The molecule has 170 valence electrons. The number of nitrogens with one attached hydrogen (secondary N) is 1. The molecule has 1 heterocycles. The number of amides is 3. The van der Waals surface area contributed by atoms with Crippen molar-refractivity contribution in [3.05, 3.63) is 69.5 Å². The Bertz CT molecular complexity index is 980. The van der Waals surface area contributed by atoms with E-state index in [0.717, 1.165) is 5.56 Å². The van der Waals surface area contributed by atoms with Crippen molar-refractivity contribution in [2.75, 3.05) is 19.6 Å². The highest BCUT2D eigenvalue weighted by Gasteiger charge is 2.37. The first-order valence-corrected chi connectivity index (χ1v) is 11.1. The van der Waals surface area contributed by atoms with E-state index < -0.39 is 6.04 Å². The first kappa shape index (κ1) is 24.0. The van der Waals surface area contributed by atoms with Crippen molar-refractivity contribution < 1.29 is 18.8 Å². The molecule has 2 aromatic carbocycles. The van der Waals surface area contributed by atoms with E-state index in [9.17, 15) is 18.8 Å². The Morgan fingerprint density at radius 3 is 2.41 bits per heavy atom. The predicted molar refractivity (Wildman–Crippen MR) is 121 cm³/mol. The molecule has 1 fully saturated rings. The molecule has 1 saturated heterocycles. The SMILES string of the molecule is CCN(CC(=O)NCc1ccc(F)cc1)C(=O)C1CCCN1C(=O)c1cc(Cl)cc(Cl)c1. The number of carbonyl (C=O) groups is 3. The van der Waals surface area contributed by atoms with E-state index in [1.807, 2.05) is 0 Å². The van der Waals surface area contributed by atoms with Gasteiger partial charge in [0.1, 0.15) is 11.9 Å². The fourth-order valence-electron chi connectivity index (χ4n) is 3.70. The maximum absolute atomic E-state index is 13.2. The Morgan fingerprint density at radius 2 is 1.78 bits per heavy atom. The van der Waals surface area contributed by atoms with Crippen molar-refractivity contribution in [3.8, 4) is 0 Å². The number of likely N-dealkylation sites (tertiary alicyclic amines) is 1. The van der Waals surface area contributed by atoms with Crippen LogP contribution in [0.25, 0.3) is 0 Å². The molecule has 6 nitrogen and oxygen atoms in total. The Labute approximate surface area is 196 Å². The molecule has 1 aliphatic rings. The first-order valence-electron chi connectivity index (χ1n) is 10.4. The molecular weight excluding hydrogens is 456 g/mol. The van der Waals surface area contributed by atoms with E-state index >= 15 is 0 Å². The van der Waals surface area contributed by atoms with Crippen LogP contribution in [0.2, 0.25) is 10.0 Å². The summed E-state index contributed by atoms with van der Waals surface area (Å²) in [6.07, 6.45) is 1.21. The average molecular weight is 480 g/mol. The van der Waals surface area contributed by atoms with E-state index in [-0.39, 0.29) is 36.6 Å². The lowest BCUT2D eigenvalue weighted by Gasteiger charge is -2.29. The second-order valence-electron chi connectivity index (χ2n) is 7.57. The smallest absolute Gasteiger partial charge is 0.254 e. The van der Waals surface area contributed by atoms with Gasteiger partial charge in [-0.3, -0.25) is 14.4 Å². The van der Waals surface area contributed by atoms with Gasteiger partial charge in [0.05, 0.1) is 6.54 Å². The largest absolute Gasteiger partial charge is 0.350 e. The van der Waals surface area contributed by atoms with Crippen molar-refractivity contribution >= 4 is 40.9 Å². The van der Waals surface area contributed by atoms with E-state index in [4.69, 9.17) is 23.2 Å². The van der Waals surface area contributed by atoms with Crippen molar-refractivity contribution in [1.29, 1.82) is 0 Å². The molecule has 2 aromatic rings. The Hall–Kier alpha value is -2.64. The van der Waals surface area contributed by atoms with E-state index in [1.165, 1.54) is 40.1 Å². The van der Waals surface area contributed by atoms with Gasteiger partial charge in [-0.2, -0.15) is 0 Å². The summed E-state index contributed by atoms with van der Waals surface area (Å²) in [7, 11) is 0. The third kappa shape index (κ3) is 5.99. The molecule has 1 N–H and O–H groups in total. The molecular formula is C23H24Cl2FN3O3. The van der Waals surface area contributed by atoms with Crippen LogP contribution in [-0.4, -0.2) is 53.2 Å². The van der Waals surface area contributed by atoms with Crippen LogP contribution in [0.4, 0.5) is 4.39 Å². The fraction of sp³-hybridized carbons (Fsp3) is 0.348. The topological polar surface area (TPSA) is 69.7 Å². The number of benzene rings is 2. The second-order valence-corrected chi connectivity index (χ2v) is 8.44. The highest BCUT2D eigenvalue weighted by atomic mass is 35.5. The van der Waals surface area contributed by atoms with Gasteiger partial charge in [0.2, 0.25) is 11.8 Å². The van der Waals surface area contributed by atoms with Crippen LogP contribution in [0, 0.1) is 5.82 Å². The number of hydrogen-bond donors (Lipinski definition) is 1. The average Bonchev–Trinajstić information content (AvgIpc) is 3.25. The second kappa shape index (κ2) is 10.8. The van der Waals surface area contributed by atoms with E-state index in [2.05, 4.69) is 5.32 Å². The quantitative estimate of drug-likeness (QED) is 0.654. The molecule has 0 bridgehead atoms. The minimum Gasteiger partial charge on any atom is -0.350 e. The number of hydrogen-bond acceptors (Lipinski definition) is 3. The van der Waals surface area contributed by atoms with Crippen LogP contribution in [0.1, 0.15) is 35.7 Å². The summed E-state index contributed by atoms with van der Waals surface area (Å²) in [4.78, 5) is 41.5. The van der Waals surface area contributed by atoms with Gasteiger partial charge >= 0.3 is 0 Å². The lowest BCUT2D eigenvalue weighted by atomic mass is 10.1. The van der Waals surface area contributed by atoms with Crippen molar-refractivity contribution in [1.82, 2.24) is 15.1 Å². The lowest BCUT2D eigenvalue weighted by Crippen LogP contribution is -2.50. The number of carbonyl (C=O) groups excluding carboxylic acids is 3. The molecule has 3 amide bonds. The van der Waals surface area contributed by atoms with Gasteiger partial charge in [0.25, 0.3) is 5.91 Å². The molecule has 0 saturated carbocycles. The van der Waals surface area contributed by atoms with Crippen LogP contribution < -0.4 is 5.32 Å². The van der Waals surface area contributed by atoms with Gasteiger partial charge in [-0.05, 0) is 55.7 Å². The number of nitrogens with zero attached hydrogens (tertiary/aromatic N) is 2. The maximum atomic E-state index is 13.2. The lowest BCUT2D eigenvalue weighted by molar-refractivity contribution is -0.139. The van der Waals surface area contributed by atoms with Crippen molar-refractivity contribution in [3.63, 3.8) is 0 Å². The van der Waals surface area contributed by atoms with Crippen LogP contribution in [0.3, 0.4) is 0 Å². The number of rotatable bonds is 7. The zero-order chi connectivity index (χ0) is 23.3. The zero-order valence-corrected chi connectivity index (χ0v) is 19.1. The van der Waals surface area contributed by atoms with Gasteiger partial charge in [0.15, 0.2) is 0 Å². The number of halogens is 3. The van der Waals surface area contributed by atoms with Gasteiger partial charge < -0.3 is 15.1 Å². The first-order chi connectivity index (χ1) is 15.3. The van der Waals surface area contributed by atoms with Crippen LogP contribution in [0.15, 0.2) is 42.5 Å². The molecule has 9 heteroatoms. The molecule has 32 heavy (non-hydrogen) atoms. The fourth-order valence-corrected chi connectivity index (χ4v) is 4.22. The summed E-state index contributed by atoms with van der Waals surface area (Å²) in [6, 6.07) is 9.75. The van der Waals surface area contributed by atoms with Crippen LogP contribution in [-0.2, 0) is 16.1 Å². The summed E-state index contributed by atoms with van der Waals surface area (Å²) in [5, 5.41) is 3.42. The molecule has 1 aliphatic heterocycles. The maximum Gasteiger partial charge on any atom is 0.254 e. The van der Waals surface area contributed by atoms with Crippen molar-refractivity contribution in [2.45, 2.75) is 32.4 Å². The summed E-state index contributed by atoms with van der Waals surface area (Å²) >= 11 is 12.0. The monoisotopic (exact) mass is 479 g/mol. The summed E-state index contributed by atoms with van der Waals surface area (Å²) < 4.78 is 13.0. The Morgan fingerprint density at radius 1 is 1.12 bits per heavy atom. The molecule has 1 unspecified atom stereocenters. The molecule has 3 rings (SSSR count). The zero-order valence-electron chi connectivity index (χ0n) is 17.6. The molecule has 0 spiro atoms. The molecule has 1 atom stereocenters. The van der Waals surface area contributed by atoms with Gasteiger partial charge in [-0.1, -0.05) is 35.3 Å². The highest BCUT2D eigenvalue weighted by molar-refractivity contribution is 6.35. The van der Waals surface area contributed by atoms with Gasteiger partial charge in [-0.25, -0.2) is 4.39 Å². The minimum atomic E-state index is -0.648. The Balaban J connectivity index is 1.63. The minimum absolute atomic E-state index is 0.127. The third-order valence-electron chi connectivity index (χ3n) is 5.34. The van der Waals surface area contributed by atoms with Gasteiger partial charge in [-0.15, -0.1) is 0 Å². The van der Waals surface area contributed by atoms with Crippen LogP contribution >= 0.6 is 23.2 Å². The molecule has 0 aromatic heterocycles. The third-order valence-corrected chi connectivity index (χ3v) is 5.78. The summed E-state index contributed by atoms with van der Waals surface area (Å²) in [6.45, 7) is 2.65. The Kier molecular flexibility index (Phi) is 8.10. The van der Waals surface area contributed by atoms with E-state index in [0.29, 0.717) is 41.5 Å². The van der Waals surface area contributed by atoms with Crippen molar-refractivity contribution in [2.24, 2.45) is 0 Å². The number of likely N-dealkylation sites (N-methyl/N-ethyl adjacent to an activating group) is 1. The normalized spacial score (nSPS) is 15.5. The standard InChI is InChI=1S/C23H24Cl2FN3O3/c1-2-28(14-21(30)27-13-15-5-7-19(26)8-6-15)23(32)20-4-3-9-29(20)22(31)16-10-17(24)12-18(25)11-16/h5-8,10-12,20H,2-4,9,13-14H2,1H3,(H,27,30). The molecule has 0 radical (unpaired) electrons.